The predicted octanol–water partition coefficient (Wildman–Crippen LogP) is 18.2. The quantitative estimate of drug-likeness (QED) is 0.0321. The van der Waals surface area contributed by atoms with E-state index in [-0.39, 0.29) is 18.5 Å². The molecule has 0 bridgehead atoms. The summed E-state index contributed by atoms with van der Waals surface area (Å²) in [5.74, 6) is -0.0671. The zero-order valence-corrected chi connectivity index (χ0v) is 44.4. The Morgan fingerprint density at radius 1 is 0.409 bits per heavy atom. The van der Waals surface area contributed by atoms with Crippen molar-refractivity contribution in [3.63, 3.8) is 0 Å². The predicted molar refractivity (Wildman–Crippen MR) is 287 cm³/mol. The first-order chi connectivity index (χ1) is 32.5. The number of rotatable bonds is 55. The number of hydrogen-bond donors (Lipinski definition) is 3. The number of unbranched alkanes of at least 4 members (excludes halogenated alkanes) is 42. The molecule has 1 amide bonds. The van der Waals surface area contributed by atoms with Crippen molar-refractivity contribution in [1.82, 2.24) is 5.32 Å². The molecule has 0 aromatic rings. The second-order valence-electron chi connectivity index (χ2n) is 20.3. The number of carbonyl (C=O) groups is 2. The van der Waals surface area contributed by atoms with Gasteiger partial charge in [0, 0.05) is 12.8 Å². The fourth-order valence-electron chi connectivity index (χ4n) is 9.16. The SMILES string of the molecule is CCCCCCC/C=C\CCCCCCCC(=O)OCCCCCCCCCCCCCCCCCCCCCCC(=O)NC(CO)C(O)/C=C/CCCCCCCCCCCCCCC. The summed E-state index contributed by atoms with van der Waals surface area (Å²) in [5, 5.41) is 23.1. The molecular formula is C60H115NO5. The minimum Gasteiger partial charge on any atom is -0.466 e. The molecule has 0 saturated heterocycles. The molecule has 0 spiro atoms. The van der Waals surface area contributed by atoms with E-state index in [1.807, 2.05) is 6.08 Å². The minimum atomic E-state index is -0.845. The highest BCUT2D eigenvalue weighted by atomic mass is 16.5. The van der Waals surface area contributed by atoms with Crippen LogP contribution in [0.15, 0.2) is 24.3 Å². The zero-order chi connectivity index (χ0) is 47.9. The van der Waals surface area contributed by atoms with Gasteiger partial charge in [-0.1, -0.05) is 276 Å². The van der Waals surface area contributed by atoms with E-state index in [0.717, 1.165) is 44.9 Å². The summed E-state index contributed by atoms with van der Waals surface area (Å²) >= 11 is 0. The molecule has 6 nitrogen and oxygen atoms in total. The number of carbonyl (C=O) groups excluding carboxylic acids is 2. The highest BCUT2D eigenvalue weighted by molar-refractivity contribution is 5.76. The maximum Gasteiger partial charge on any atom is 0.305 e. The van der Waals surface area contributed by atoms with Crippen molar-refractivity contribution in [1.29, 1.82) is 0 Å². The zero-order valence-electron chi connectivity index (χ0n) is 44.4. The number of amides is 1. The topological polar surface area (TPSA) is 95.9 Å². The van der Waals surface area contributed by atoms with Crippen molar-refractivity contribution in [3.8, 4) is 0 Å². The molecule has 0 radical (unpaired) electrons. The molecule has 0 aliphatic carbocycles. The van der Waals surface area contributed by atoms with Gasteiger partial charge in [-0.2, -0.15) is 0 Å². The Morgan fingerprint density at radius 2 is 0.712 bits per heavy atom. The number of esters is 1. The first-order valence-electron chi connectivity index (χ1n) is 29.6. The average Bonchev–Trinajstić information content (AvgIpc) is 3.32. The Kier molecular flexibility index (Phi) is 54.5. The lowest BCUT2D eigenvalue weighted by Gasteiger charge is -2.20. The lowest BCUT2D eigenvalue weighted by molar-refractivity contribution is -0.143. The normalized spacial score (nSPS) is 12.7. The Balaban J connectivity index is 3.42. The molecule has 0 aliphatic heterocycles. The van der Waals surface area contributed by atoms with Gasteiger partial charge in [0.05, 0.1) is 25.4 Å². The van der Waals surface area contributed by atoms with Crippen LogP contribution < -0.4 is 5.32 Å². The average molecular weight is 931 g/mol. The van der Waals surface area contributed by atoms with E-state index in [1.54, 1.807) is 6.08 Å². The van der Waals surface area contributed by atoms with Crippen LogP contribution in [0.4, 0.5) is 0 Å². The summed E-state index contributed by atoms with van der Waals surface area (Å²) in [7, 11) is 0. The number of ether oxygens (including phenoxy) is 1. The van der Waals surface area contributed by atoms with Crippen LogP contribution in [0, 0.1) is 0 Å². The third kappa shape index (κ3) is 51.7. The fourth-order valence-corrected chi connectivity index (χ4v) is 9.16. The van der Waals surface area contributed by atoms with E-state index >= 15 is 0 Å². The maximum atomic E-state index is 12.5. The number of nitrogens with one attached hydrogen (secondary N) is 1. The summed E-state index contributed by atoms with van der Waals surface area (Å²) in [6.45, 7) is 4.90. The molecule has 0 aromatic carbocycles. The van der Waals surface area contributed by atoms with Crippen molar-refractivity contribution >= 4 is 11.9 Å². The Hall–Kier alpha value is -1.66. The number of aliphatic hydroxyl groups excluding tert-OH is 2. The van der Waals surface area contributed by atoms with Gasteiger partial charge in [-0.15, -0.1) is 0 Å². The van der Waals surface area contributed by atoms with Crippen LogP contribution in [-0.2, 0) is 14.3 Å². The largest absolute Gasteiger partial charge is 0.466 e. The van der Waals surface area contributed by atoms with E-state index in [1.165, 1.54) is 250 Å². The van der Waals surface area contributed by atoms with Gasteiger partial charge in [-0.3, -0.25) is 9.59 Å². The fraction of sp³-hybridized carbons (Fsp3) is 0.900. The smallest absolute Gasteiger partial charge is 0.305 e. The second-order valence-corrected chi connectivity index (χ2v) is 20.3. The van der Waals surface area contributed by atoms with Crippen molar-refractivity contribution in [3.05, 3.63) is 24.3 Å². The molecular weight excluding hydrogens is 815 g/mol. The number of hydrogen-bond acceptors (Lipinski definition) is 5. The van der Waals surface area contributed by atoms with E-state index < -0.39 is 12.1 Å². The number of allylic oxidation sites excluding steroid dienone is 3. The minimum absolute atomic E-state index is 0.00154. The van der Waals surface area contributed by atoms with Crippen molar-refractivity contribution < 1.29 is 24.5 Å². The first-order valence-corrected chi connectivity index (χ1v) is 29.6. The number of aliphatic hydroxyl groups is 2. The van der Waals surface area contributed by atoms with Crippen LogP contribution >= 0.6 is 0 Å². The molecule has 390 valence electrons. The van der Waals surface area contributed by atoms with Gasteiger partial charge in [-0.25, -0.2) is 0 Å². The molecule has 66 heavy (non-hydrogen) atoms. The Bertz CT molecular complexity index is 1030. The van der Waals surface area contributed by atoms with E-state index in [2.05, 4.69) is 31.3 Å². The molecule has 0 heterocycles. The van der Waals surface area contributed by atoms with Crippen LogP contribution in [0.1, 0.15) is 322 Å². The molecule has 3 N–H and O–H groups in total. The monoisotopic (exact) mass is 930 g/mol. The highest BCUT2D eigenvalue weighted by Gasteiger charge is 2.18. The molecule has 0 aromatic heterocycles. The lowest BCUT2D eigenvalue weighted by Crippen LogP contribution is -2.45. The summed E-state index contributed by atoms with van der Waals surface area (Å²) in [6.07, 6.45) is 67.7. The van der Waals surface area contributed by atoms with Crippen LogP contribution in [0.2, 0.25) is 0 Å². The molecule has 0 rings (SSSR count). The lowest BCUT2D eigenvalue weighted by atomic mass is 10.0. The molecule has 2 unspecified atom stereocenters. The Morgan fingerprint density at radius 3 is 1.08 bits per heavy atom. The van der Waals surface area contributed by atoms with Crippen molar-refractivity contribution in [2.45, 2.75) is 334 Å². The van der Waals surface area contributed by atoms with Gasteiger partial charge in [0.2, 0.25) is 5.91 Å². The van der Waals surface area contributed by atoms with Crippen LogP contribution in [-0.4, -0.2) is 47.4 Å². The van der Waals surface area contributed by atoms with Gasteiger partial charge in [0.25, 0.3) is 0 Å². The summed E-state index contributed by atoms with van der Waals surface area (Å²) in [6, 6.07) is -0.629. The van der Waals surface area contributed by atoms with Crippen molar-refractivity contribution in [2.24, 2.45) is 0 Å². The summed E-state index contributed by atoms with van der Waals surface area (Å²) in [5.41, 5.74) is 0. The third-order valence-corrected chi connectivity index (χ3v) is 13.7. The molecule has 6 heteroatoms. The van der Waals surface area contributed by atoms with Gasteiger partial charge in [0.15, 0.2) is 0 Å². The van der Waals surface area contributed by atoms with E-state index in [4.69, 9.17) is 4.74 Å². The molecule has 0 aliphatic rings. The molecule has 0 saturated carbocycles. The summed E-state index contributed by atoms with van der Waals surface area (Å²) < 4.78 is 5.47. The van der Waals surface area contributed by atoms with Crippen LogP contribution in [0.25, 0.3) is 0 Å². The van der Waals surface area contributed by atoms with E-state index in [0.29, 0.717) is 19.4 Å². The third-order valence-electron chi connectivity index (χ3n) is 13.7. The maximum absolute atomic E-state index is 12.5. The Labute approximate surface area is 411 Å². The molecule has 2 atom stereocenters. The van der Waals surface area contributed by atoms with Gasteiger partial charge in [-0.05, 0) is 57.8 Å². The van der Waals surface area contributed by atoms with Crippen molar-refractivity contribution in [2.75, 3.05) is 13.2 Å². The van der Waals surface area contributed by atoms with Crippen LogP contribution in [0.5, 0.6) is 0 Å². The molecule has 0 fully saturated rings. The van der Waals surface area contributed by atoms with Gasteiger partial charge in [0.1, 0.15) is 0 Å². The highest BCUT2D eigenvalue weighted by Crippen LogP contribution is 2.17. The van der Waals surface area contributed by atoms with E-state index in [9.17, 15) is 19.8 Å². The van der Waals surface area contributed by atoms with Gasteiger partial charge < -0.3 is 20.3 Å². The standard InChI is InChI=1S/C60H115NO5/c1-3-5-7-9-11-13-15-17-25-28-32-36-40-44-48-52-58(63)57(56-62)61-59(64)53-49-45-41-37-33-29-26-23-21-19-20-22-24-27-31-35-39-43-47-51-55-66-60(65)54-50-46-42-38-34-30-18-16-14-12-10-8-6-4-2/h16,18,48,52,57-58,62-63H,3-15,17,19-47,49-51,53-56H2,1-2H3,(H,61,64)/b18-16-,52-48+. The van der Waals surface area contributed by atoms with Gasteiger partial charge >= 0.3 is 5.97 Å². The first kappa shape index (κ1) is 64.3. The van der Waals surface area contributed by atoms with Crippen LogP contribution in [0.3, 0.4) is 0 Å². The second kappa shape index (κ2) is 55.9. The summed E-state index contributed by atoms with van der Waals surface area (Å²) in [4.78, 5) is 24.5.